The number of nitrogens with two attached hydrogens (primary N) is 1. The van der Waals surface area contributed by atoms with Gasteiger partial charge in [0.2, 0.25) is 10.0 Å². The molecule has 2 aliphatic rings. The maximum absolute atomic E-state index is 12.8. The Morgan fingerprint density at radius 1 is 1.16 bits per heavy atom. The Balaban J connectivity index is 1.57. The van der Waals surface area contributed by atoms with Gasteiger partial charge in [0.1, 0.15) is 5.75 Å². The van der Waals surface area contributed by atoms with Gasteiger partial charge in [0.15, 0.2) is 17.1 Å². The number of benzene rings is 2. The van der Waals surface area contributed by atoms with Gasteiger partial charge in [-0.15, -0.1) is 0 Å². The van der Waals surface area contributed by atoms with Crippen molar-refractivity contribution in [1.29, 1.82) is 0 Å². The van der Waals surface area contributed by atoms with E-state index < -0.39 is 22.2 Å². The molecule has 166 valence electrons. The van der Waals surface area contributed by atoms with Crippen molar-refractivity contribution in [3.63, 3.8) is 0 Å². The molecule has 2 heterocycles. The molecule has 0 saturated carbocycles. The van der Waals surface area contributed by atoms with Gasteiger partial charge < -0.3 is 19.0 Å². The van der Waals surface area contributed by atoms with Crippen molar-refractivity contribution in [2.45, 2.75) is 30.8 Å². The second-order valence-electron chi connectivity index (χ2n) is 7.38. The third-order valence-corrected chi connectivity index (χ3v) is 5.65. The quantitative estimate of drug-likeness (QED) is 0.688. The molecule has 1 unspecified atom stereocenters. The van der Waals surface area contributed by atoms with Crippen molar-refractivity contribution < 1.29 is 36.2 Å². The highest BCUT2D eigenvalue weighted by Crippen LogP contribution is 2.38. The molecular weight excluding hydrogens is 434 g/mol. The van der Waals surface area contributed by atoms with E-state index in [0.717, 1.165) is 6.42 Å². The molecule has 0 radical (unpaired) electrons. The number of nitrogens with zero attached hydrogens (tertiary/aromatic N) is 1. The Morgan fingerprint density at radius 3 is 2.58 bits per heavy atom. The van der Waals surface area contributed by atoms with Gasteiger partial charge in [-0.3, -0.25) is 0 Å². The Bertz CT molecular complexity index is 1080. The SMILES string of the molecule is NS(=O)(=O)Cc1ccc(Oc2cc(C3=NOC4(CCOC4)C3)ccc2OC(F)F)cc1. The summed E-state index contributed by atoms with van der Waals surface area (Å²) in [5.74, 6) is -0.109. The van der Waals surface area contributed by atoms with Gasteiger partial charge in [-0.2, -0.15) is 8.78 Å². The molecule has 1 saturated heterocycles. The largest absolute Gasteiger partial charge is 0.453 e. The van der Waals surface area contributed by atoms with Crippen LogP contribution in [0.5, 0.6) is 17.2 Å². The summed E-state index contributed by atoms with van der Waals surface area (Å²) in [5.41, 5.74) is 1.29. The Hall–Kier alpha value is -2.76. The van der Waals surface area contributed by atoms with E-state index in [0.29, 0.717) is 42.2 Å². The number of rotatable bonds is 7. The summed E-state index contributed by atoms with van der Waals surface area (Å²) in [5, 5.41) is 9.19. The molecule has 0 bridgehead atoms. The van der Waals surface area contributed by atoms with Crippen LogP contribution in [0.2, 0.25) is 0 Å². The number of sulfonamides is 1. The lowest BCUT2D eigenvalue weighted by molar-refractivity contribution is -0.0510. The molecule has 2 aliphatic heterocycles. The van der Waals surface area contributed by atoms with Gasteiger partial charge in [-0.05, 0) is 35.9 Å². The number of ether oxygens (including phenoxy) is 3. The molecule has 1 fully saturated rings. The van der Waals surface area contributed by atoms with Gasteiger partial charge in [-0.1, -0.05) is 17.3 Å². The highest BCUT2D eigenvalue weighted by atomic mass is 32.2. The molecule has 0 aliphatic carbocycles. The number of halogens is 2. The molecule has 2 N–H and O–H groups in total. The number of hydrogen-bond donors (Lipinski definition) is 1. The predicted molar refractivity (Wildman–Crippen MR) is 107 cm³/mol. The van der Waals surface area contributed by atoms with Crippen molar-refractivity contribution in [3.8, 4) is 17.2 Å². The smallest absolute Gasteiger partial charge is 0.387 e. The number of hydrogen-bond acceptors (Lipinski definition) is 7. The van der Waals surface area contributed by atoms with E-state index >= 15 is 0 Å². The minimum absolute atomic E-state index is 0.0586. The van der Waals surface area contributed by atoms with E-state index in [4.69, 9.17) is 19.5 Å². The fourth-order valence-corrected chi connectivity index (χ4v) is 4.11. The average Bonchev–Trinajstić information content (AvgIpc) is 3.33. The molecule has 31 heavy (non-hydrogen) atoms. The van der Waals surface area contributed by atoms with Gasteiger partial charge in [0.05, 0.1) is 24.7 Å². The van der Waals surface area contributed by atoms with Gasteiger partial charge in [-0.25, -0.2) is 13.6 Å². The molecule has 11 heteroatoms. The summed E-state index contributed by atoms with van der Waals surface area (Å²) in [4.78, 5) is 5.59. The first-order chi connectivity index (χ1) is 14.7. The lowest BCUT2D eigenvalue weighted by atomic mass is 9.93. The number of primary sulfonamides is 1. The van der Waals surface area contributed by atoms with Crippen LogP contribution in [0.4, 0.5) is 8.78 Å². The first-order valence-electron chi connectivity index (χ1n) is 9.41. The van der Waals surface area contributed by atoms with E-state index in [9.17, 15) is 17.2 Å². The van der Waals surface area contributed by atoms with Crippen molar-refractivity contribution >= 4 is 15.7 Å². The van der Waals surface area contributed by atoms with Gasteiger partial charge in [0.25, 0.3) is 0 Å². The Morgan fingerprint density at radius 2 is 1.94 bits per heavy atom. The predicted octanol–water partition coefficient (Wildman–Crippen LogP) is 3.15. The second kappa shape index (κ2) is 8.40. The van der Waals surface area contributed by atoms with E-state index in [-0.39, 0.29) is 17.3 Å². The molecule has 4 rings (SSSR count). The highest BCUT2D eigenvalue weighted by Gasteiger charge is 2.43. The Kier molecular flexibility index (Phi) is 5.82. The molecule has 0 aromatic heterocycles. The van der Waals surface area contributed by atoms with E-state index in [1.54, 1.807) is 12.1 Å². The van der Waals surface area contributed by atoms with Crippen LogP contribution in [0.3, 0.4) is 0 Å². The van der Waals surface area contributed by atoms with E-state index in [2.05, 4.69) is 9.89 Å². The van der Waals surface area contributed by atoms with Crippen molar-refractivity contribution in [2.75, 3.05) is 13.2 Å². The summed E-state index contributed by atoms with van der Waals surface area (Å²) in [6, 6.07) is 10.6. The van der Waals surface area contributed by atoms with Crippen molar-refractivity contribution in [1.82, 2.24) is 0 Å². The van der Waals surface area contributed by atoms with Crippen LogP contribution in [0, 0.1) is 0 Å². The molecule has 2 aromatic rings. The van der Waals surface area contributed by atoms with Crippen molar-refractivity contribution in [2.24, 2.45) is 10.3 Å². The summed E-state index contributed by atoms with van der Waals surface area (Å²) >= 11 is 0. The third kappa shape index (κ3) is 5.30. The maximum Gasteiger partial charge on any atom is 0.387 e. The highest BCUT2D eigenvalue weighted by molar-refractivity contribution is 7.88. The van der Waals surface area contributed by atoms with Crippen LogP contribution in [-0.2, 0) is 25.4 Å². The molecule has 8 nitrogen and oxygen atoms in total. The van der Waals surface area contributed by atoms with E-state index in [1.165, 1.54) is 30.3 Å². The van der Waals surface area contributed by atoms with Crippen LogP contribution < -0.4 is 14.6 Å². The molecule has 1 spiro atoms. The molecular formula is C20H20F2N2O6S. The van der Waals surface area contributed by atoms with Crippen LogP contribution in [0.25, 0.3) is 0 Å². The van der Waals surface area contributed by atoms with Crippen molar-refractivity contribution in [3.05, 3.63) is 53.6 Å². The molecule has 2 aromatic carbocycles. The average molecular weight is 454 g/mol. The Labute approximate surface area is 177 Å². The minimum atomic E-state index is -3.67. The van der Waals surface area contributed by atoms with Crippen LogP contribution in [0.1, 0.15) is 24.0 Å². The fourth-order valence-electron chi connectivity index (χ4n) is 3.45. The second-order valence-corrected chi connectivity index (χ2v) is 9.00. The zero-order chi connectivity index (χ0) is 22.1. The molecule has 1 atom stereocenters. The van der Waals surface area contributed by atoms with Gasteiger partial charge in [0, 0.05) is 18.4 Å². The first kappa shape index (κ1) is 21.5. The lowest BCUT2D eigenvalue weighted by Gasteiger charge is -2.17. The van der Waals surface area contributed by atoms with Crippen LogP contribution in [-0.4, -0.2) is 39.6 Å². The summed E-state index contributed by atoms with van der Waals surface area (Å²) in [6.07, 6.45) is 1.25. The summed E-state index contributed by atoms with van der Waals surface area (Å²) < 4.78 is 63.8. The maximum atomic E-state index is 12.8. The number of alkyl halides is 2. The van der Waals surface area contributed by atoms with Gasteiger partial charge >= 0.3 is 6.61 Å². The zero-order valence-electron chi connectivity index (χ0n) is 16.3. The summed E-state index contributed by atoms with van der Waals surface area (Å²) in [6.45, 7) is -1.99. The number of oxime groups is 1. The third-order valence-electron chi connectivity index (χ3n) is 4.92. The van der Waals surface area contributed by atoms with Crippen LogP contribution in [0.15, 0.2) is 47.6 Å². The zero-order valence-corrected chi connectivity index (χ0v) is 17.1. The standard InChI is InChI=1S/C20H20F2N2O6S/c21-19(22)29-17-6-3-14(16-10-20(30-24-16)7-8-27-12-20)9-18(17)28-15-4-1-13(2-5-15)11-31(23,25)26/h1-6,9,19H,7-8,10-12H2,(H2,23,25,26). The van der Waals surface area contributed by atoms with E-state index in [1.807, 2.05) is 0 Å². The summed E-state index contributed by atoms with van der Waals surface area (Å²) in [7, 11) is -3.67. The topological polar surface area (TPSA) is 109 Å². The minimum Gasteiger partial charge on any atom is -0.453 e. The van der Waals surface area contributed by atoms with Crippen LogP contribution >= 0.6 is 0 Å². The fraction of sp³-hybridized carbons (Fsp3) is 0.350. The normalized spacial score (nSPS) is 20.7. The monoisotopic (exact) mass is 454 g/mol. The first-order valence-corrected chi connectivity index (χ1v) is 11.1. The lowest BCUT2D eigenvalue weighted by Crippen LogP contribution is -2.29. The molecule has 0 amide bonds.